The van der Waals surface area contributed by atoms with Crippen LogP contribution in [0.1, 0.15) is 31.7 Å². The predicted molar refractivity (Wildman–Crippen MR) is 100 cm³/mol. The van der Waals surface area contributed by atoms with Crippen molar-refractivity contribution >= 4 is 22.4 Å². The van der Waals surface area contributed by atoms with Gasteiger partial charge in [-0.3, -0.25) is 4.68 Å². The average Bonchev–Trinajstić information content (AvgIpc) is 3.13. The van der Waals surface area contributed by atoms with Gasteiger partial charge >= 0.3 is 0 Å². The summed E-state index contributed by atoms with van der Waals surface area (Å²) in [6.45, 7) is 4.09. The van der Waals surface area contributed by atoms with E-state index in [-0.39, 0.29) is 28.8 Å². The van der Waals surface area contributed by atoms with Gasteiger partial charge in [0.25, 0.3) is 0 Å². The zero-order valence-corrected chi connectivity index (χ0v) is 16.8. The third-order valence-corrected chi connectivity index (χ3v) is 6.56. The van der Waals surface area contributed by atoms with Gasteiger partial charge in [-0.25, -0.2) is 13.1 Å². The minimum atomic E-state index is -3.57. The fourth-order valence-electron chi connectivity index (χ4n) is 3.58. The number of halogens is 1. The highest BCUT2D eigenvalue weighted by molar-refractivity contribution is 7.89. The first-order valence-corrected chi connectivity index (χ1v) is 10.3. The maximum atomic E-state index is 12.7. The van der Waals surface area contributed by atoms with Crippen molar-refractivity contribution in [2.75, 3.05) is 46.6 Å². The Bertz CT molecular complexity index is 649. The Morgan fingerprint density at radius 2 is 2.08 bits per heavy atom. The van der Waals surface area contributed by atoms with E-state index in [1.807, 2.05) is 0 Å². The van der Waals surface area contributed by atoms with Crippen molar-refractivity contribution in [2.24, 2.45) is 5.41 Å². The lowest BCUT2D eigenvalue weighted by molar-refractivity contribution is 0.0577. The Kier molecular flexibility index (Phi) is 7.87. The molecule has 3 heterocycles. The van der Waals surface area contributed by atoms with E-state index in [4.69, 9.17) is 9.47 Å². The van der Waals surface area contributed by atoms with Gasteiger partial charge in [-0.2, -0.15) is 5.10 Å². The lowest BCUT2D eigenvalue weighted by atomic mass is 9.80. The minimum absolute atomic E-state index is 0. The smallest absolute Gasteiger partial charge is 0.243 e. The summed E-state index contributed by atoms with van der Waals surface area (Å²) in [6, 6.07) is 0.210. The molecule has 0 aliphatic carbocycles. The highest BCUT2D eigenvalue weighted by atomic mass is 35.5. The number of nitrogens with zero attached hydrogens (tertiary/aromatic N) is 2. The van der Waals surface area contributed by atoms with Crippen LogP contribution in [0.4, 0.5) is 0 Å². The number of aromatic nitrogens is 2. The zero-order valence-electron chi connectivity index (χ0n) is 15.1. The maximum absolute atomic E-state index is 12.7. The standard InChI is InChI=1S/C16H28N4O4S.ClH/c1-23-13-16(4-6-17-7-5-16)12-19-25(21,22)15-10-18-20(11-15)14-2-8-24-9-3-14;/h10-11,14,17,19H,2-9,12-13H2,1H3;1H. The van der Waals surface area contributed by atoms with Gasteiger partial charge in [-0.1, -0.05) is 0 Å². The molecule has 3 rings (SSSR count). The van der Waals surface area contributed by atoms with Crippen molar-refractivity contribution in [3.8, 4) is 0 Å². The van der Waals surface area contributed by atoms with E-state index in [1.165, 1.54) is 6.20 Å². The Labute approximate surface area is 161 Å². The molecule has 0 saturated carbocycles. The molecule has 150 valence electrons. The van der Waals surface area contributed by atoms with Crippen LogP contribution in [0.3, 0.4) is 0 Å². The molecular formula is C16H29ClN4O4S. The van der Waals surface area contributed by atoms with Crippen LogP contribution >= 0.6 is 12.4 Å². The van der Waals surface area contributed by atoms with Gasteiger partial charge in [0.15, 0.2) is 0 Å². The predicted octanol–water partition coefficient (Wildman–Crippen LogP) is 0.951. The molecule has 0 radical (unpaired) electrons. The molecule has 2 aliphatic heterocycles. The van der Waals surface area contributed by atoms with Crippen LogP contribution in [0, 0.1) is 5.41 Å². The van der Waals surface area contributed by atoms with Gasteiger partial charge < -0.3 is 14.8 Å². The van der Waals surface area contributed by atoms with Gasteiger partial charge in [0.05, 0.1) is 18.8 Å². The highest BCUT2D eigenvalue weighted by Crippen LogP contribution is 2.29. The second-order valence-electron chi connectivity index (χ2n) is 7.01. The first-order valence-electron chi connectivity index (χ1n) is 8.86. The highest BCUT2D eigenvalue weighted by Gasteiger charge is 2.34. The summed E-state index contributed by atoms with van der Waals surface area (Å²) < 4.78 is 40.6. The van der Waals surface area contributed by atoms with E-state index in [1.54, 1.807) is 18.0 Å². The first kappa shape index (κ1) is 21.6. The molecule has 0 bridgehead atoms. The summed E-state index contributed by atoms with van der Waals surface area (Å²) in [6.07, 6.45) is 6.57. The van der Waals surface area contributed by atoms with Crippen LogP contribution < -0.4 is 10.0 Å². The van der Waals surface area contributed by atoms with Crippen molar-refractivity contribution in [2.45, 2.75) is 36.6 Å². The lowest BCUT2D eigenvalue weighted by Gasteiger charge is -2.37. The molecule has 10 heteroatoms. The Hall–Kier alpha value is -0.710. The Morgan fingerprint density at radius 3 is 2.73 bits per heavy atom. The molecule has 0 amide bonds. The number of hydrogen-bond donors (Lipinski definition) is 2. The minimum Gasteiger partial charge on any atom is -0.384 e. The first-order chi connectivity index (χ1) is 12.0. The van der Waals surface area contributed by atoms with Crippen LogP contribution in [-0.2, 0) is 19.5 Å². The number of sulfonamides is 1. The number of rotatable bonds is 7. The Balaban J connectivity index is 0.00000243. The van der Waals surface area contributed by atoms with Crippen LogP contribution in [0.5, 0.6) is 0 Å². The summed E-state index contributed by atoms with van der Waals surface area (Å²) in [5.41, 5.74) is -0.149. The van der Waals surface area contributed by atoms with Gasteiger partial charge in [-0.05, 0) is 38.8 Å². The Morgan fingerprint density at radius 1 is 1.38 bits per heavy atom. The lowest BCUT2D eigenvalue weighted by Crippen LogP contribution is -2.47. The van der Waals surface area contributed by atoms with Crippen molar-refractivity contribution in [3.63, 3.8) is 0 Å². The summed E-state index contributed by atoms with van der Waals surface area (Å²) in [7, 11) is -1.91. The molecule has 2 fully saturated rings. The largest absolute Gasteiger partial charge is 0.384 e. The molecule has 1 aromatic heterocycles. The van der Waals surface area contributed by atoms with Crippen LogP contribution in [-0.4, -0.2) is 64.8 Å². The quantitative estimate of drug-likeness (QED) is 0.697. The molecule has 0 aromatic carbocycles. The monoisotopic (exact) mass is 408 g/mol. The zero-order chi connectivity index (χ0) is 17.8. The second-order valence-corrected chi connectivity index (χ2v) is 8.77. The third kappa shape index (κ3) is 5.17. The molecule has 2 aliphatic rings. The molecule has 26 heavy (non-hydrogen) atoms. The van der Waals surface area contributed by atoms with E-state index in [2.05, 4.69) is 15.1 Å². The molecule has 1 aromatic rings. The van der Waals surface area contributed by atoms with Crippen molar-refractivity contribution < 1.29 is 17.9 Å². The number of nitrogens with one attached hydrogen (secondary N) is 2. The second kappa shape index (κ2) is 9.48. The summed E-state index contributed by atoms with van der Waals surface area (Å²) in [5.74, 6) is 0. The molecule has 0 unspecified atom stereocenters. The van der Waals surface area contributed by atoms with Crippen LogP contribution in [0.15, 0.2) is 17.3 Å². The number of methoxy groups -OCH3 is 1. The molecule has 8 nitrogen and oxygen atoms in total. The van der Waals surface area contributed by atoms with Gasteiger partial charge in [0, 0.05) is 38.5 Å². The maximum Gasteiger partial charge on any atom is 0.243 e. The fourth-order valence-corrected chi connectivity index (χ4v) is 4.67. The number of piperidine rings is 1. The van der Waals surface area contributed by atoms with Crippen LogP contribution in [0.25, 0.3) is 0 Å². The SMILES string of the molecule is COCC1(CNS(=O)(=O)c2cnn(C3CCOCC3)c2)CCNCC1.Cl. The van der Waals surface area contributed by atoms with Gasteiger partial charge in [0.1, 0.15) is 4.90 Å². The van der Waals surface area contributed by atoms with E-state index in [0.29, 0.717) is 26.4 Å². The summed E-state index contributed by atoms with van der Waals surface area (Å²) in [4.78, 5) is 0.223. The molecule has 2 N–H and O–H groups in total. The molecule has 0 atom stereocenters. The van der Waals surface area contributed by atoms with Gasteiger partial charge in [-0.15, -0.1) is 12.4 Å². The van der Waals surface area contributed by atoms with Crippen LogP contribution in [0.2, 0.25) is 0 Å². The van der Waals surface area contributed by atoms with E-state index in [9.17, 15) is 8.42 Å². The number of ether oxygens (including phenoxy) is 2. The van der Waals surface area contributed by atoms with Crippen molar-refractivity contribution in [1.82, 2.24) is 19.8 Å². The summed E-state index contributed by atoms with van der Waals surface area (Å²) >= 11 is 0. The van der Waals surface area contributed by atoms with Crippen molar-refractivity contribution in [1.29, 1.82) is 0 Å². The summed E-state index contributed by atoms with van der Waals surface area (Å²) in [5, 5.41) is 7.57. The van der Waals surface area contributed by atoms with E-state index in [0.717, 1.165) is 38.8 Å². The number of hydrogen-bond acceptors (Lipinski definition) is 6. The van der Waals surface area contributed by atoms with E-state index < -0.39 is 10.0 Å². The molecule has 2 saturated heterocycles. The third-order valence-electron chi connectivity index (χ3n) is 5.20. The van der Waals surface area contributed by atoms with E-state index >= 15 is 0 Å². The molecular weight excluding hydrogens is 380 g/mol. The molecule has 0 spiro atoms. The van der Waals surface area contributed by atoms with Gasteiger partial charge in [0.2, 0.25) is 10.0 Å². The fraction of sp³-hybridized carbons (Fsp3) is 0.812. The van der Waals surface area contributed by atoms with Crippen molar-refractivity contribution in [3.05, 3.63) is 12.4 Å². The topological polar surface area (TPSA) is 94.5 Å². The average molecular weight is 409 g/mol. The normalized spacial score (nSPS) is 21.3.